The quantitative estimate of drug-likeness (QED) is 0.307. The highest BCUT2D eigenvalue weighted by atomic mass is 32.2. The molecule has 1 aromatic rings. The van der Waals surface area contributed by atoms with E-state index in [1.54, 1.807) is 18.0 Å². The first-order valence-corrected chi connectivity index (χ1v) is 9.55. The number of ether oxygens (including phenoxy) is 1. The van der Waals surface area contributed by atoms with Crippen molar-refractivity contribution in [2.24, 2.45) is 4.99 Å². The van der Waals surface area contributed by atoms with Crippen molar-refractivity contribution in [2.75, 3.05) is 31.6 Å². The second kappa shape index (κ2) is 11.0. The molecule has 7 heteroatoms. The normalized spacial score (nSPS) is 12.1. The van der Waals surface area contributed by atoms with Gasteiger partial charge in [-0.25, -0.2) is 0 Å². The number of esters is 1. The number of nitrogens with zero attached hydrogens (tertiary/aromatic N) is 1. The van der Waals surface area contributed by atoms with E-state index in [4.69, 9.17) is 9.15 Å². The van der Waals surface area contributed by atoms with Crippen LogP contribution in [0.3, 0.4) is 0 Å². The number of hydrogen-bond acceptors (Lipinski definition) is 5. The summed E-state index contributed by atoms with van der Waals surface area (Å²) >= 11 is 1.75. The maximum absolute atomic E-state index is 11.7. The molecular weight excluding hydrogens is 326 g/mol. The number of carbonyl (C=O) groups is 1. The smallest absolute Gasteiger partial charge is 0.308 e. The molecule has 0 saturated carbocycles. The lowest BCUT2D eigenvalue weighted by Crippen LogP contribution is -2.40. The zero-order valence-electron chi connectivity index (χ0n) is 15.1. The molecule has 0 amide bonds. The van der Waals surface area contributed by atoms with E-state index in [-0.39, 0.29) is 5.97 Å². The molecule has 0 unspecified atom stereocenters. The van der Waals surface area contributed by atoms with Crippen LogP contribution in [0.2, 0.25) is 0 Å². The number of aliphatic imine (C=N–C) groups is 1. The van der Waals surface area contributed by atoms with Gasteiger partial charge in [0, 0.05) is 25.3 Å². The maximum Gasteiger partial charge on any atom is 0.308 e. The molecule has 24 heavy (non-hydrogen) atoms. The van der Waals surface area contributed by atoms with E-state index in [1.807, 2.05) is 32.9 Å². The van der Waals surface area contributed by atoms with Gasteiger partial charge in [0.25, 0.3) is 0 Å². The summed E-state index contributed by atoms with van der Waals surface area (Å²) in [4.78, 5) is 16.2. The molecule has 1 rings (SSSR count). The van der Waals surface area contributed by atoms with Crippen molar-refractivity contribution >= 4 is 23.7 Å². The van der Waals surface area contributed by atoms with Crippen LogP contribution in [0.5, 0.6) is 0 Å². The topological polar surface area (TPSA) is 75.9 Å². The number of nitrogens with one attached hydrogen (secondary N) is 2. The predicted molar refractivity (Wildman–Crippen MR) is 99.6 cm³/mol. The summed E-state index contributed by atoms with van der Waals surface area (Å²) in [5.41, 5.74) is -0.451. The van der Waals surface area contributed by atoms with Crippen LogP contribution in [-0.2, 0) is 16.0 Å². The van der Waals surface area contributed by atoms with Crippen LogP contribution in [0.25, 0.3) is 0 Å². The third kappa shape index (κ3) is 10.2. The third-order valence-corrected chi connectivity index (χ3v) is 3.44. The van der Waals surface area contributed by atoms with Crippen molar-refractivity contribution in [1.29, 1.82) is 0 Å². The molecule has 0 saturated heterocycles. The second-order valence-corrected chi connectivity index (χ2v) is 7.23. The molecule has 136 valence electrons. The third-order valence-electron chi connectivity index (χ3n) is 2.85. The Kier molecular flexibility index (Phi) is 9.37. The standard InChI is InChI=1S/C17H29N3O3S/c1-17(2,3)23-15(21)8-10-19-16(20-11-13-24-4)18-9-7-14-6-5-12-22-14/h5-6,12H,7-11,13H2,1-4H3,(H2,18,19,20). The van der Waals surface area contributed by atoms with Crippen LogP contribution in [0.15, 0.2) is 27.8 Å². The number of guanidine groups is 1. The Labute approximate surface area is 148 Å². The summed E-state index contributed by atoms with van der Waals surface area (Å²) < 4.78 is 10.6. The molecule has 0 atom stereocenters. The zero-order valence-corrected chi connectivity index (χ0v) is 15.9. The average Bonchev–Trinajstić information content (AvgIpc) is 2.98. The number of carbonyl (C=O) groups excluding carboxylic acids is 1. The lowest BCUT2D eigenvalue weighted by Gasteiger charge is -2.19. The predicted octanol–water partition coefficient (Wildman–Crippen LogP) is 2.45. The van der Waals surface area contributed by atoms with E-state index >= 15 is 0 Å². The molecular formula is C17H29N3O3S. The SMILES string of the molecule is CSCCN=C(NCCC(=O)OC(C)(C)C)NCCc1ccco1. The van der Waals surface area contributed by atoms with Gasteiger partial charge in [0.1, 0.15) is 11.4 Å². The first-order valence-electron chi connectivity index (χ1n) is 8.16. The van der Waals surface area contributed by atoms with Gasteiger partial charge in [0.2, 0.25) is 0 Å². The van der Waals surface area contributed by atoms with E-state index in [2.05, 4.69) is 21.9 Å². The zero-order chi connectivity index (χ0) is 17.8. The minimum Gasteiger partial charge on any atom is -0.469 e. The number of hydrogen-bond donors (Lipinski definition) is 2. The Morgan fingerprint density at radius 3 is 2.71 bits per heavy atom. The fraction of sp³-hybridized carbons (Fsp3) is 0.647. The Morgan fingerprint density at radius 1 is 1.33 bits per heavy atom. The molecule has 6 nitrogen and oxygen atoms in total. The number of furan rings is 1. The van der Waals surface area contributed by atoms with Gasteiger partial charge in [-0.15, -0.1) is 0 Å². The van der Waals surface area contributed by atoms with E-state index in [0.29, 0.717) is 25.5 Å². The van der Waals surface area contributed by atoms with E-state index in [9.17, 15) is 4.79 Å². The molecule has 0 spiro atoms. The van der Waals surface area contributed by atoms with E-state index in [1.165, 1.54) is 0 Å². The Hall–Kier alpha value is -1.63. The van der Waals surface area contributed by atoms with Crippen LogP contribution in [0.1, 0.15) is 33.0 Å². The summed E-state index contributed by atoms with van der Waals surface area (Å²) in [6, 6.07) is 3.82. The molecule has 0 bridgehead atoms. The van der Waals surface area contributed by atoms with Gasteiger partial charge in [0.05, 0.1) is 19.2 Å². The number of thioether (sulfide) groups is 1. The van der Waals surface area contributed by atoms with Crippen molar-refractivity contribution in [3.8, 4) is 0 Å². The van der Waals surface area contributed by atoms with Gasteiger partial charge in [-0.2, -0.15) is 11.8 Å². The summed E-state index contributed by atoms with van der Waals surface area (Å²) in [5.74, 6) is 2.38. The monoisotopic (exact) mass is 355 g/mol. The van der Waals surface area contributed by atoms with Crippen LogP contribution in [-0.4, -0.2) is 49.2 Å². The largest absolute Gasteiger partial charge is 0.469 e. The van der Waals surface area contributed by atoms with Crippen LogP contribution >= 0.6 is 11.8 Å². The Bertz CT molecular complexity index is 496. The van der Waals surface area contributed by atoms with Gasteiger partial charge < -0.3 is 19.8 Å². The summed E-state index contributed by atoms with van der Waals surface area (Å²) in [7, 11) is 0. The van der Waals surface area contributed by atoms with Crippen LogP contribution in [0, 0.1) is 0 Å². The maximum atomic E-state index is 11.7. The molecule has 0 aliphatic rings. The highest BCUT2D eigenvalue weighted by Crippen LogP contribution is 2.07. The molecule has 1 aromatic heterocycles. The van der Waals surface area contributed by atoms with Gasteiger partial charge in [-0.05, 0) is 39.2 Å². The Balaban J connectivity index is 2.35. The van der Waals surface area contributed by atoms with Crippen molar-refractivity contribution < 1.29 is 13.9 Å². The van der Waals surface area contributed by atoms with E-state index < -0.39 is 5.60 Å². The number of rotatable bonds is 9. The Morgan fingerprint density at radius 2 is 2.08 bits per heavy atom. The highest BCUT2D eigenvalue weighted by Gasteiger charge is 2.15. The van der Waals surface area contributed by atoms with Crippen molar-refractivity contribution in [1.82, 2.24) is 10.6 Å². The van der Waals surface area contributed by atoms with Gasteiger partial charge in [-0.1, -0.05) is 0 Å². The fourth-order valence-electron chi connectivity index (χ4n) is 1.86. The minimum atomic E-state index is -0.451. The molecule has 0 fully saturated rings. The van der Waals surface area contributed by atoms with Crippen LogP contribution < -0.4 is 10.6 Å². The second-order valence-electron chi connectivity index (χ2n) is 6.24. The fourth-order valence-corrected chi connectivity index (χ4v) is 2.13. The lowest BCUT2D eigenvalue weighted by atomic mass is 10.2. The molecule has 0 aromatic carbocycles. The van der Waals surface area contributed by atoms with Crippen molar-refractivity contribution in [3.63, 3.8) is 0 Å². The van der Waals surface area contributed by atoms with Crippen molar-refractivity contribution in [2.45, 2.75) is 39.2 Å². The van der Waals surface area contributed by atoms with Gasteiger partial charge >= 0.3 is 5.97 Å². The summed E-state index contributed by atoms with van der Waals surface area (Å²) in [5, 5.41) is 6.43. The summed E-state index contributed by atoms with van der Waals surface area (Å²) in [6.45, 7) is 7.52. The van der Waals surface area contributed by atoms with Gasteiger partial charge in [0.15, 0.2) is 5.96 Å². The van der Waals surface area contributed by atoms with Crippen molar-refractivity contribution in [3.05, 3.63) is 24.2 Å². The first-order chi connectivity index (χ1) is 11.4. The van der Waals surface area contributed by atoms with Crippen LogP contribution in [0.4, 0.5) is 0 Å². The van der Waals surface area contributed by atoms with Gasteiger partial charge in [-0.3, -0.25) is 9.79 Å². The molecule has 0 radical (unpaired) electrons. The molecule has 0 aliphatic heterocycles. The molecule has 2 N–H and O–H groups in total. The lowest BCUT2D eigenvalue weighted by molar-refractivity contribution is -0.154. The average molecular weight is 356 g/mol. The molecule has 0 aliphatic carbocycles. The first kappa shape index (κ1) is 20.4. The highest BCUT2D eigenvalue weighted by molar-refractivity contribution is 7.98. The molecule has 1 heterocycles. The van der Waals surface area contributed by atoms with E-state index in [0.717, 1.165) is 24.5 Å². The summed E-state index contributed by atoms with van der Waals surface area (Å²) in [6.07, 6.45) is 4.80. The minimum absolute atomic E-state index is 0.214.